The van der Waals surface area contributed by atoms with Crippen molar-refractivity contribution in [1.29, 1.82) is 0 Å². The van der Waals surface area contributed by atoms with Crippen molar-refractivity contribution in [2.24, 2.45) is 5.92 Å². The standard InChI is InChI=1S/C17H24O2/c1-12(2)14-8-10-15(11-9-14)16(13(3)4)6-5-7-17(18)19/h6,8-13H,5,7H2,1-4H3,(H,18,19)/b16-6+. The van der Waals surface area contributed by atoms with Gasteiger partial charge in [-0.15, -0.1) is 0 Å². The molecule has 0 fully saturated rings. The molecule has 19 heavy (non-hydrogen) atoms. The van der Waals surface area contributed by atoms with Crippen LogP contribution in [0.5, 0.6) is 0 Å². The van der Waals surface area contributed by atoms with E-state index in [2.05, 4.69) is 58.0 Å². The molecule has 1 N–H and O–H groups in total. The second kappa shape index (κ2) is 7.13. The molecule has 0 unspecified atom stereocenters. The van der Waals surface area contributed by atoms with Crippen molar-refractivity contribution in [3.8, 4) is 0 Å². The first-order valence-corrected chi connectivity index (χ1v) is 6.94. The minimum absolute atomic E-state index is 0.195. The Balaban J connectivity index is 2.90. The summed E-state index contributed by atoms with van der Waals surface area (Å²) < 4.78 is 0. The van der Waals surface area contributed by atoms with Crippen LogP contribution in [-0.4, -0.2) is 11.1 Å². The summed E-state index contributed by atoms with van der Waals surface area (Å²) in [7, 11) is 0. The van der Waals surface area contributed by atoms with E-state index in [1.807, 2.05) is 0 Å². The van der Waals surface area contributed by atoms with E-state index in [1.165, 1.54) is 16.7 Å². The third kappa shape index (κ3) is 4.90. The molecule has 1 aromatic rings. The van der Waals surface area contributed by atoms with Gasteiger partial charge in [-0.25, -0.2) is 0 Å². The molecule has 1 aromatic carbocycles. The third-order valence-corrected chi connectivity index (χ3v) is 3.26. The first-order valence-electron chi connectivity index (χ1n) is 6.94. The maximum Gasteiger partial charge on any atom is 0.303 e. The number of benzene rings is 1. The van der Waals surface area contributed by atoms with Gasteiger partial charge >= 0.3 is 5.97 Å². The van der Waals surface area contributed by atoms with E-state index in [0.717, 1.165) is 0 Å². The molecule has 0 bridgehead atoms. The summed E-state index contributed by atoms with van der Waals surface area (Å²) in [5, 5.41) is 8.70. The van der Waals surface area contributed by atoms with Crippen molar-refractivity contribution < 1.29 is 9.90 Å². The van der Waals surface area contributed by atoms with Crippen molar-refractivity contribution in [2.75, 3.05) is 0 Å². The Bertz CT molecular complexity index is 439. The normalized spacial score (nSPS) is 12.2. The number of hydrogen-bond acceptors (Lipinski definition) is 1. The van der Waals surface area contributed by atoms with Gasteiger partial charge in [0.1, 0.15) is 0 Å². The smallest absolute Gasteiger partial charge is 0.303 e. The quantitative estimate of drug-likeness (QED) is 0.804. The number of carbonyl (C=O) groups is 1. The second-order valence-electron chi connectivity index (χ2n) is 5.52. The van der Waals surface area contributed by atoms with Crippen molar-refractivity contribution >= 4 is 11.5 Å². The predicted octanol–water partition coefficient (Wildman–Crippen LogP) is 4.71. The highest BCUT2D eigenvalue weighted by Gasteiger charge is 2.07. The topological polar surface area (TPSA) is 37.3 Å². The van der Waals surface area contributed by atoms with Gasteiger partial charge in [0.2, 0.25) is 0 Å². The average Bonchev–Trinajstić information content (AvgIpc) is 2.34. The Morgan fingerprint density at radius 1 is 1.16 bits per heavy atom. The summed E-state index contributed by atoms with van der Waals surface area (Å²) in [6, 6.07) is 8.60. The number of carboxylic acid groups (broad SMARTS) is 1. The summed E-state index contributed by atoms with van der Waals surface area (Å²) >= 11 is 0. The van der Waals surface area contributed by atoms with E-state index in [0.29, 0.717) is 18.3 Å². The number of aliphatic carboxylic acids is 1. The van der Waals surface area contributed by atoms with Crippen LogP contribution in [0.15, 0.2) is 30.3 Å². The monoisotopic (exact) mass is 260 g/mol. The summed E-state index contributed by atoms with van der Waals surface area (Å²) in [5.74, 6) is 0.195. The van der Waals surface area contributed by atoms with Crippen LogP contribution in [0.1, 0.15) is 57.6 Å². The number of hydrogen-bond donors (Lipinski definition) is 1. The summed E-state index contributed by atoms with van der Waals surface area (Å²) in [4.78, 5) is 10.6. The maximum absolute atomic E-state index is 10.6. The van der Waals surface area contributed by atoms with E-state index in [4.69, 9.17) is 5.11 Å². The maximum atomic E-state index is 10.6. The fraction of sp³-hybridized carbons (Fsp3) is 0.471. The lowest BCUT2D eigenvalue weighted by molar-refractivity contribution is -0.136. The van der Waals surface area contributed by atoms with Gasteiger partial charge in [0, 0.05) is 6.42 Å². The third-order valence-electron chi connectivity index (χ3n) is 3.26. The van der Waals surface area contributed by atoms with Gasteiger partial charge in [-0.3, -0.25) is 4.79 Å². The van der Waals surface area contributed by atoms with Crippen LogP contribution < -0.4 is 0 Å². The van der Waals surface area contributed by atoms with Crippen molar-refractivity contribution in [1.82, 2.24) is 0 Å². The highest BCUT2D eigenvalue weighted by Crippen LogP contribution is 2.25. The van der Waals surface area contributed by atoms with Crippen LogP contribution in [0.3, 0.4) is 0 Å². The molecular weight excluding hydrogens is 236 g/mol. The fourth-order valence-corrected chi connectivity index (χ4v) is 2.10. The lowest BCUT2D eigenvalue weighted by Gasteiger charge is -2.13. The molecule has 2 heteroatoms. The van der Waals surface area contributed by atoms with Crippen LogP contribution in [0.25, 0.3) is 5.57 Å². The zero-order chi connectivity index (χ0) is 14.4. The zero-order valence-electron chi connectivity index (χ0n) is 12.3. The summed E-state index contributed by atoms with van der Waals surface area (Å²) in [6.45, 7) is 8.65. The largest absolute Gasteiger partial charge is 0.481 e. The highest BCUT2D eigenvalue weighted by molar-refractivity contribution is 5.70. The van der Waals surface area contributed by atoms with Crippen LogP contribution in [0.2, 0.25) is 0 Å². The number of carboxylic acids is 1. The van der Waals surface area contributed by atoms with Gasteiger partial charge in [-0.2, -0.15) is 0 Å². The molecular formula is C17H24O2. The Morgan fingerprint density at radius 2 is 1.74 bits per heavy atom. The SMILES string of the molecule is CC(C)/C(=C\CCC(=O)O)c1ccc(C(C)C)cc1. The Labute approximate surface area is 116 Å². The van der Waals surface area contributed by atoms with E-state index >= 15 is 0 Å². The molecule has 0 saturated carbocycles. The molecule has 0 aliphatic rings. The van der Waals surface area contributed by atoms with Crippen LogP contribution >= 0.6 is 0 Å². The van der Waals surface area contributed by atoms with E-state index < -0.39 is 5.97 Å². The van der Waals surface area contributed by atoms with Gasteiger partial charge in [0.25, 0.3) is 0 Å². The van der Waals surface area contributed by atoms with E-state index in [9.17, 15) is 4.79 Å². The molecule has 0 spiro atoms. The molecule has 0 atom stereocenters. The predicted molar refractivity (Wildman–Crippen MR) is 80.2 cm³/mol. The molecule has 0 radical (unpaired) electrons. The highest BCUT2D eigenvalue weighted by atomic mass is 16.4. The minimum Gasteiger partial charge on any atom is -0.481 e. The van der Waals surface area contributed by atoms with Crippen LogP contribution in [0.4, 0.5) is 0 Å². The molecule has 104 valence electrons. The summed E-state index contributed by atoms with van der Waals surface area (Å²) in [6.07, 6.45) is 2.85. The van der Waals surface area contributed by atoms with Gasteiger partial charge in [0.05, 0.1) is 0 Å². The lowest BCUT2D eigenvalue weighted by Crippen LogP contribution is -1.97. The van der Waals surface area contributed by atoms with Crippen molar-refractivity contribution in [3.05, 3.63) is 41.5 Å². The van der Waals surface area contributed by atoms with Crippen LogP contribution in [-0.2, 0) is 4.79 Å². The number of rotatable bonds is 6. The molecule has 2 nitrogen and oxygen atoms in total. The molecule has 0 amide bonds. The zero-order valence-corrected chi connectivity index (χ0v) is 12.3. The minimum atomic E-state index is -0.741. The lowest BCUT2D eigenvalue weighted by atomic mass is 9.92. The molecule has 1 rings (SSSR count). The van der Waals surface area contributed by atoms with Gasteiger partial charge in [-0.05, 0) is 35.0 Å². The van der Waals surface area contributed by atoms with Crippen LogP contribution in [0, 0.1) is 5.92 Å². The van der Waals surface area contributed by atoms with Gasteiger partial charge in [0.15, 0.2) is 0 Å². The molecule has 0 aliphatic heterocycles. The van der Waals surface area contributed by atoms with E-state index in [-0.39, 0.29) is 6.42 Å². The molecule has 0 saturated heterocycles. The molecule has 0 aromatic heterocycles. The average molecular weight is 260 g/mol. The first-order chi connectivity index (χ1) is 8.91. The fourth-order valence-electron chi connectivity index (χ4n) is 2.10. The van der Waals surface area contributed by atoms with Gasteiger partial charge < -0.3 is 5.11 Å². The molecule has 0 aliphatic carbocycles. The first kappa shape index (κ1) is 15.5. The second-order valence-corrected chi connectivity index (χ2v) is 5.52. The Hall–Kier alpha value is -1.57. The number of allylic oxidation sites excluding steroid dienone is 2. The van der Waals surface area contributed by atoms with Crippen molar-refractivity contribution in [2.45, 2.75) is 46.5 Å². The van der Waals surface area contributed by atoms with Crippen molar-refractivity contribution in [3.63, 3.8) is 0 Å². The molecule has 0 heterocycles. The van der Waals surface area contributed by atoms with E-state index in [1.54, 1.807) is 0 Å². The summed E-state index contributed by atoms with van der Waals surface area (Å²) in [5.41, 5.74) is 3.76. The van der Waals surface area contributed by atoms with Gasteiger partial charge in [-0.1, -0.05) is 58.0 Å². The Morgan fingerprint density at radius 3 is 2.16 bits per heavy atom. The Kier molecular flexibility index (Phi) is 5.81.